The molecular weight excluding hydrogens is 498 g/mol. The number of carbonyl (C=O) groups is 2. The first-order valence-corrected chi connectivity index (χ1v) is 12.4. The van der Waals surface area contributed by atoms with Crippen LogP contribution in [0.5, 0.6) is 23.0 Å². The lowest BCUT2D eigenvalue weighted by atomic mass is 10.00. The number of rotatable bonds is 11. The fraction of sp³-hybridized carbons (Fsp3) is 0.226. The van der Waals surface area contributed by atoms with E-state index in [1.54, 1.807) is 19.2 Å². The van der Waals surface area contributed by atoms with Gasteiger partial charge < -0.3 is 29.4 Å². The van der Waals surface area contributed by atoms with Gasteiger partial charge in [0, 0.05) is 6.54 Å². The van der Waals surface area contributed by atoms with Crippen molar-refractivity contribution >= 4 is 29.1 Å². The molecule has 202 valence electrons. The number of amides is 1. The summed E-state index contributed by atoms with van der Waals surface area (Å²) >= 11 is 0. The monoisotopic (exact) mass is 529 g/mol. The van der Waals surface area contributed by atoms with Crippen LogP contribution in [0, 0.1) is 0 Å². The maximum atomic E-state index is 13.0. The fourth-order valence-electron chi connectivity index (χ4n) is 4.56. The van der Waals surface area contributed by atoms with E-state index in [1.165, 1.54) is 14.2 Å². The lowest BCUT2D eigenvalue weighted by molar-refractivity contribution is -0.139. The molecule has 0 aromatic heterocycles. The SMILES string of the molecule is COc1ccc2c(c1)C(CC(=O)NCc1ccccc1)=C(C)/C2=C/c1cc(OC)c(OCC(=O)O)c(OC)c1. The van der Waals surface area contributed by atoms with E-state index in [1.807, 2.05) is 61.5 Å². The number of aliphatic carboxylic acids is 1. The van der Waals surface area contributed by atoms with Gasteiger partial charge in [0.05, 0.1) is 27.8 Å². The van der Waals surface area contributed by atoms with E-state index in [-0.39, 0.29) is 18.1 Å². The number of carboxylic acids is 1. The molecule has 1 aliphatic carbocycles. The van der Waals surface area contributed by atoms with Crippen molar-refractivity contribution < 1.29 is 33.6 Å². The smallest absolute Gasteiger partial charge is 0.341 e. The zero-order chi connectivity index (χ0) is 27.9. The molecule has 8 heteroatoms. The summed E-state index contributed by atoms with van der Waals surface area (Å²) in [5, 5.41) is 12.0. The van der Waals surface area contributed by atoms with Crippen LogP contribution in [0.1, 0.15) is 35.6 Å². The Morgan fingerprint density at radius 2 is 1.59 bits per heavy atom. The molecule has 3 aromatic carbocycles. The van der Waals surface area contributed by atoms with Crippen molar-refractivity contribution in [1.82, 2.24) is 5.32 Å². The summed E-state index contributed by atoms with van der Waals surface area (Å²) < 4.78 is 21.8. The molecule has 1 aliphatic rings. The Kier molecular flexibility index (Phi) is 8.56. The predicted molar refractivity (Wildman–Crippen MR) is 149 cm³/mol. The molecule has 2 N–H and O–H groups in total. The van der Waals surface area contributed by atoms with Crippen molar-refractivity contribution in [3.63, 3.8) is 0 Å². The summed E-state index contributed by atoms with van der Waals surface area (Å²) in [5.74, 6) is 0.420. The first-order valence-electron chi connectivity index (χ1n) is 12.4. The number of benzene rings is 3. The van der Waals surface area contributed by atoms with Crippen molar-refractivity contribution in [1.29, 1.82) is 0 Å². The maximum absolute atomic E-state index is 13.0. The van der Waals surface area contributed by atoms with E-state index in [4.69, 9.17) is 24.1 Å². The van der Waals surface area contributed by atoms with E-state index in [0.29, 0.717) is 23.8 Å². The van der Waals surface area contributed by atoms with Gasteiger partial charge in [-0.3, -0.25) is 4.79 Å². The summed E-state index contributed by atoms with van der Waals surface area (Å²) in [6.07, 6.45) is 2.20. The third-order valence-electron chi connectivity index (χ3n) is 6.50. The largest absolute Gasteiger partial charge is 0.497 e. The number of carbonyl (C=O) groups excluding carboxylic acids is 1. The van der Waals surface area contributed by atoms with Gasteiger partial charge in [0.1, 0.15) is 5.75 Å². The van der Waals surface area contributed by atoms with Crippen LogP contribution in [-0.4, -0.2) is 44.9 Å². The Morgan fingerprint density at radius 3 is 2.21 bits per heavy atom. The zero-order valence-corrected chi connectivity index (χ0v) is 22.4. The highest BCUT2D eigenvalue weighted by Crippen LogP contribution is 2.46. The van der Waals surface area contributed by atoms with Crippen LogP contribution < -0.4 is 24.3 Å². The molecule has 3 aromatic rings. The summed E-state index contributed by atoms with van der Waals surface area (Å²) in [4.78, 5) is 24.0. The van der Waals surface area contributed by atoms with Gasteiger partial charge in [0.2, 0.25) is 11.7 Å². The number of carboxylic acid groups (broad SMARTS) is 1. The number of fused-ring (bicyclic) bond motifs is 1. The Hall–Kier alpha value is -4.72. The van der Waals surface area contributed by atoms with Crippen molar-refractivity contribution in [2.45, 2.75) is 19.9 Å². The number of methoxy groups -OCH3 is 3. The van der Waals surface area contributed by atoms with Gasteiger partial charge in [0.15, 0.2) is 18.1 Å². The summed E-state index contributed by atoms with van der Waals surface area (Å²) in [7, 11) is 4.57. The van der Waals surface area contributed by atoms with Crippen LogP contribution in [0.3, 0.4) is 0 Å². The Balaban J connectivity index is 1.70. The van der Waals surface area contributed by atoms with Crippen LogP contribution >= 0.6 is 0 Å². The van der Waals surface area contributed by atoms with Gasteiger partial charge >= 0.3 is 5.97 Å². The Morgan fingerprint density at radius 1 is 0.897 bits per heavy atom. The standard InChI is InChI=1S/C31H31NO7/c1-19-24(12-21-13-27(37-3)31(28(14-21)38-4)39-18-30(34)35)23-11-10-22(36-2)15-26(23)25(19)16-29(33)32-17-20-8-6-5-7-9-20/h5-15H,16-18H2,1-4H3,(H,32,33)(H,34,35)/b24-12-. The van der Waals surface area contributed by atoms with Crippen LogP contribution in [-0.2, 0) is 16.1 Å². The minimum Gasteiger partial charge on any atom is -0.497 e. The minimum absolute atomic E-state index is 0.0773. The Bertz CT molecular complexity index is 1420. The van der Waals surface area contributed by atoms with Gasteiger partial charge in [-0.1, -0.05) is 36.4 Å². The van der Waals surface area contributed by atoms with E-state index in [0.717, 1.165) is 39.0 Å². The van der Waals surface area contributed by atoms with Crippen molar-refractivity contribution in [2.24, 2.45) is 0 Å². The average molecular weight is 530 g/mol. The van der Waals surface area contributed by atoms with Crippen LogP contribution in [0.4, 0.5) is 0 Å². The predicted octanol–water partition coefficient (Wildman–Crippen LogP) is 5.21. The quantitative estimate of drug-likeness (QED) is 0.351. The lowest BCUT2D eigenvalue weighted by Crippen LogP contribution is -2.22. The van der Waals surface area contributed by atoms with Crippen molar-refractivity contribution in [3.05, 3.63) is 88.5 Å². The molecule has 0 unspecified atom stereocenters. The molecule has 0 radical (unpaired) electrons. The number of hydrogen-bond acceptors (Lipinski definition) is 6. The molecule has 4 rings (SSSR count). The van der Waals surface area contributed by atoms with Gasteiger partial charge in [-0.25, -0.2) is 4.79 Å². The molecule has 0 spiro atoms. The van der Waals surface area contributed by atoms with E-state index in [2.05, 4.69) is 5.32 Å². The second-order valence-electron chi connectivity index (χ2n) is 8.95. The van der Waals surface area contributed by atoms with Crippen molar-refractivity contribution in [2.75, 3.05) is 27.9 Å². The minimum atomic E-state index is -1.11. The van der Waals surface area contributed by atoms with Crippen LogP contribution in [0.2, 0.25) is 0 Å². The molecule has 0 fully saturated rings. The lowest BCUT2D eigenvalue weighted by Gasteiger charge is -2.15. The van der Waals surface area contributed by atoms with E-state index < -0.39 is 12.6 Å². The number of nitrogens with one attached hydrogen (secondary N) is 1. The summed E-state index contributed by atoms with van der Waals surface area (Å²) in [5.41, 5.74) is 6.54. The van der Waals surface area contributed by atoms with Gasteiger partial charge in [-0.15, -0.1) is 0 Å². The normalized spacial score (nSPS) is 13.2. The van der Waals surface area contributed by atoms with Crippen molar-refractivity contribution in [3.8, 4) is 23.0 Å². The molecule has 0 saturated heterocycles. The van der Waals surface area contributed by atoms with Gasteiger partial charge in [-0.05, 0) is 76.2 Å². The molecule has 0 atom stereocenters. The molecule has 0 saturated carbocycles. The molecule has 39 heavy (non-hydrogen) atoms. The molecule has 0 heterocycles. The highest BCUT2D eigenvalue weighted by Gasteiger charge is 2.26. The molecular formula is C31H31NO7. The highest BCUT2D eigenvalue weighted by atomic mass is 16.5. The van der Waals surface area contributed by atoms with E-state index in [9.17, 15) is 9.59 Å². The molecule has 0 aliphatic heterocycles. The van der Waals surface area contributed by atoms with Crippen LogP contribution in [0.25, 0.3) is 17.2 Å². The first kappa shape index (κ1) is 27.3. The van der Waals surface area contributed by atoms with E-state index >= 15 is 0 Å². The van der Waals surface area contributed by atoms with Gasteiger partial charge in [-0.2, -0.15) is 0 Å². The second kappa shape index (κ2) is 12.2. The number of hydrogen-bond donors (Lipinski definition) is 2. The molecule has 1 amide bonds. The van der Waals surface area contributed by atoms with Crippen LogP contribution in [0.15, 0.2) is 66.2 Å². The maximum Gasteiger partial charge on any atom is 0.341 e. The third-order valence-corrected chi connectivity index (χ3v) is 6.50. The number of ether oxygens (including phenoxy) is 4. The summed E-state index contributed by atoms with van der Waals surface area (Å²) in [6, 6.07) is 19.1. The third kappa shape index (κ3) is 6.23. The second-order valence-corrected chi connectivity index (χ2v) is 8.95. The number of allylic oxidation sites excluding steroid dienone is 2. The fourth-order valence-corrected chi connectivity index (χ4v) is 4.56. The first-order chi connectivity index (χ1) is 18.8. The zero-order valence-electron chi connectivity index (χ0n) is 22.4. The molecule has 0 bridgehead atoms. The average Bonchev–Trinajstić information content (AvgIpc) is 3.20. The Labute approximate surface area is 227 Å². The highest BCUT2D eigenvalue weighted by molar-refractivity contribution is 6.08. The van der Waals surface area contributed by atoms with Gasteiger partial charge in [0.25, 0.3) is 0 Å². The summed E-state index contributed by atoms with van der Waals surface area (Å²) in [6.45, 7) is 1.92. The molecule has 8 nitrogen and oxygen atoms in total. The topological polar surface area (TPSA) is 103 Å².